The molecule has 2 aromatic rings. The van der Waals surface area contributed by atoms with E-state index < -0.39 is 29.4 Å². The molecule has 6 heteroatoms. The van der Waals surface area contributed by atoms with Gasteiger partial charge in [0.25, 0.3) is 0 Å². The zero-order valence-electron chi connectivity index (χ0n) is 11.2. The number of hydrogen-bond acceptors (Lipinski definition) is 1. The summed E-state index contributed by atoms with van der Waals surface area (Å²) >= 11 is 0. The predicted molar refractivity (Wildman–Crippen MR) is 72.9 cm³/mol. The zero-order valence-corrected chi connectivity index (χ0v) is 11.2. The Morgan fingerprint density at radius 1 is 1.05 bits per heavy atom. The van der Waals surface area contributed by atoms with Gasteiger partial charge >= 0.3 is 6.18 Å². The van der Waals surface area contributed by atoms with Gasteiger partial charge in [-0.25, -0.2) is 4.39 Å². The van der Waals surface area contributed by atoms with Crippen LogP contribution in [0.25, 0.3) is 0 Å². The average molecular weight is 309 g/mol. The molecule has 0 bridgehead atoms. The molecule has 1 atom stereocenters. The Hall–Kier alpha value is -2.37. The van der Waals surface area contributed by atoms with Gasteiger partial charge in [-0.15, -0.1) is 0 Å². The minimum absolute atomic E-state index is 0.149. The quantitative estimate of drug-likeness (QED) is 0.789. The number of amides is 1. The van der Waals surface area contributed by atoms with Gasteiger partial charge in [0.1, 0.15) is 5.82 Å². The van der Waals surface area contributed by atoms with Crippen LogP contribution in [0.15, 0.2) is 42.5 Å². The van der Waals surface area contributed by atoms with Crippen LogP contribution in [-0.4, -0.2) is 5.91 Å². The second-order valence-corrected chi connectivity index (χ2v) is 5.14. The Bertz CT molecular complexity index is 722. The van der Waals surface area contributed by atoms with Gasteiger partial charge in [-0.05, 0) is 35.7 Å². The Labute approximate surface area is 123 Å². The summed E-state index contributed by atoms with van der Waals surface area (Å²) in [7, 11) is 0. The van der Waals surface area contributed by atoms with Crippen LogP contribution < -0.4 is 5.32 Å². The van der Waals surface area contributed by atoms with Crippen molar-refractivity contribution in [3.63, 3.8) is 0 Å². The van der Waals surface area contributed by atoms with Crippen LogP contribution in [0.5, 0.6) is 0 Å². The number of carbonyl (C=O) groups excluding carboxylic acids is 1. The molecule has 0 fully saturated rings. The molecular weight excluding hydrogens is 298 g/mol. The highest BCUT2D eigenvalue weighted by atomic mass is 19.4. The minimum Gasteiger partial charge on any atom is -0.323 e. The van der Waals surface area contributed by atoms with E-state index in [2.05, 4.69) is 5.32 Å². The molecule has 1 amide bonds. The lowest BCUT2D eigenvalue weighted by molar-refractivity contribution is -0.137. The van der Waals surface area contributed by atoms with E-state index in [1.165, 1.54) is 24.3 Å². The molecule has 114 valence electrons. The highest BCUT2D eigenvalue weighted by Gasteiger charge is 2.32. The molecule has 1 heterocycles. The number of para-hydroxylation sites is 1. The second-order valence-electron chi connectivity index (χ2n) is 5.14. The SMILES string of the molecule is O=C1Nc2c(F)cccc2CC1c1ccc(C(F)(F)F)cc1. The Kier molecular flexibility index (Phi) is 3.39. The lowest BCUT2D eigenvalue weighted by Crippen LogP contribution is -2.29. The molecule has 2 aromatic carbocycles. The smallest absolute Gasteiger partial charge is 0.323 e. The Morgan fingerprint density at radius 3 is 2.36 bits per heavy atom. The maximum atomic E-state index is 13.6. The first-order chi connectivity index (χ1) is 10.4. The monoisotopic (exact) mass is 309 g/mol. The molecule has 1 N–H and O–H groups in total. The minimum atomic E-state index is -4.41. The maximum Gasteiger partial charge on any atom is 0.416 e. The number of nitrogens with one attached hydrogen (secondary N) is 1. The highest BCUT2D eigenvalue weighted by molar-refractivity contribution is 5.99. The van der Waals surface area contributed by atoms with Crippen molar-refractivity contribution < 1.29 is 22.4 Å². The molecule has 0 aromatic heterocycles. The van der Waals surface area contributed by atoms with Crippen molar-refractivity contribution in [3.05, 3.63) is 65.0 Å². The van der Waals surface area contributed by atoms with Crippen molar-refractivity contribution in [3.8, 4) is 0 Å². The molecule has 1 unspecified atom stereocenters. The zero-order chi connectivity index (χ0) is 15.9. The van der Waals surface area contributed by atoms with Crippen LogP contribution in [0.2, 0.25) is 0 Å². The van der Waals surface area contributed by atoms with Gasteiger partial charge in [0.05, 0.1) is 17.2 Å². The molecular formula is C16H11F4NO. The first-order valence-corrected chi connectivity index (χ1v) is 6.61. The first kappa shape index (κ1) is 14.6. The van der Waals surface area contributed by atoms with Crippen molar-refractivity contribution in [1.29, 1.82) is 0 Å². The molecule has 0 aliphatic carbocycles. The number of anilines is 1. The summed E-state index contributed by atoms with van der Waals surface area (Å²) in [6.45, 7) is 0. The Balaban J connectivity index is 1.91. The summed E-state index contributed by atoms with van der Waals surface area (Å²) < 4.78 is 51.3. The number of halogens is 4. The summed E-state index contributed by atoms with van der Waals surface area (Å²) in [4.78, 5) is 12.1. The summed E-state index contributed by atoms with van der Waals surface area (Å²) in [6, 6.07) is 8.95. The van der Waals surface area contributed by atoms with E-state index >= 15 is 0 Å². The van der Waals surface area contributed by atoms with Crippen molar-refractivity contribution in [2.45, 2.75) is 18.5 Å². The third-order valence-corrected chi connectivity index (χ3v) is 3.73. The van der Waals surface area contributed by atoms with E-state index in [0.717, 1.165) is 12.1 Å². The lowest BCUT2D eigenvalue weighted by atomic mass is 9.87. The predicted octanol–water partition coefficient (Wildman–Crippen LogP) is 4.12. The standard InChI is InChI=1S/C16H11F4NO/c17-13-3-1-2-10-8-12(15(22)21-14(10)13)9-4-6-11(7-5-9)16(18,19)20/h1-7,12H,8H2,(H,21,22). The van der Waals surface area contributed by atoms with E-state index in [1.807, 2.05) is 0 Å². The number of alkyl halides is 3. The fraction of sp³-hybridized carbons (Fsp3) is 0.188. The molecule has 1 aliphatic rings. The number of hydrogen-bond donors (Lipinski definition) is 1. The summed E-state index contributed by atoms with van der Waals surface area (Å²) in [5, 5.41) is 2.49. The largest absolute Gasteiger partial charge is 0.416 e. The molecule has 0 saturated carbocycles. The fourth-order valence-corrected chi connectivity index (χ4v) is 2.58. The maximum absolute atomic E-state index is 13.6. The van der Waals surface area contributed by atoms with Crippen molar-refractivity contribution in [2.24, 2.45) is 0 Å². The highest BCUT2D eigenvalue weighted by Crippen LogP contribution is 2.35. The van der Waals surface area contributed by atoms with Gasteiger partial charge in [0, 0.05) is 0 Å². The van der Waals surface area contributed by atoms with Crippen LogP contribution in [0.4, 0.5) is 23.2 Å². The van der Waals surface area contributed by atoms with Gasteiger partial charge < -0.3 is 5.32 Å². The van der Waals surface area contributed by atoms with Crippen LogP contribution in [0, 0.1) is 5.82 Å². The van der Waals surface area contributed by atoms with E-state index in [1.54, 1.807) is 6.07 Å². The third kappa shape index (κ3) is 2.56. The van der Waals surface area contributed by atoms with E-state index in [9.17, 15) is 22.4 Å². The normalized spacial score (nSPS) is 17.8. The first-order valence-electron chi connectivity index (χ1n) is 6.61. The fourth-order valence-electron chi connectivity index (χ4n) is 2.58. The molecule has 0 radical (unpaired) electrons. The molecule has 3 rings (SSSR count). The van der Waals surface area contributed by atoms with E-state index in [4.69, 9.17) is 0 Å². The average Bonchev–Trinajstić information content (AvgIpc) is 2.47. The van der Waals surface area contributed by atoms with E-state index in [-0.39, 0.29) is 12.1 Å². The molecule has 0 spiro atoms. The number of fused-ring (bicyclic) bond motifs is 1. The summed E-state index contributed by atoms with van der Waals surface area (Å²) in [5.74, 6) is -1.56. The van der Waals surface area contributed by atoms with Crippen molar-refractivity contribution >= 4 is 11.6 Å². The van der Waals surface area contributed by atoms with Crippen LogP contribution in [0.1, 0.15) is 22.6 Å². The summed E-state index contributed by atoms with van der Waals surface area (Å²) in [5.41, 5.74) is 0.486. The van der Waals surface area contributed by atoms with Gasteiger partial charge in [-0.2, -0.15) is 13.2 Å². The van der Waals surface area contributed by atoms with Crippen molar-refractivity contribution in [2.75, 3.05) is 5.32 Å². The molecule has 1 aliphatic heterocycles. The number of rotatable bonds is 1. The number of benzene rings is 2. The van der Waals surface area contributed by atoms with Gasteiger partial charge in [-0.1, -0.05) is 24.3 Å². The van der Waals surface area contributed by atoms with Gasteiger partial charge in [0.15, 0.2) is 0 Å². The van der Waals surface area contributed by atoms with Crippen LogP contribution in [-0.2, 0) is 17.4 Å². The lowest BCUT2D eigenvalue weighted by Gasteiger charge is -2.25. The van der Waals surface area contributed by atoms with Crippen LogP contribution in [0.3, 0.4) is 0 Å². The van der Waals surface area contributed by atoms with Crippen LogP contribution >= 0.6 is 0 Å². The van der Waals surface area contributed by atoms with Gasteiger partial charge in [-0.3, -0.25) is 4.79 Å². The summed E-state index contributed by atoms with van der Waals surface area (Å²) in [6.07, 6.45) is -4.16. The number of carbonyl (C=O) groups is 1. The van der Waals surface area contributed by atoms with Gasteiger partial charge in [0.2, 0.25) is 5.91 Å². The van der Waals surface area contributed by atoms with Crippen molar-refractivity contribution in [1.82, 2.24) is 0 Å². The van der Waals surface area contributed by atoms with E-state index in [0.29, 0.717) is 11.1 Å². The third-order valence-electron chi connectivity index (χ3n) is 3.73. The molecule has 0 saturated heterocycles. The molecule has 2 nitrogen and oxygen atoms in total. The molecule has 22 heavy (non-hydrogen) atoms. The Morgan fingerprint density at radius 2 is 1.73 bits per heavy atom. The topological polar surface area (TPSA) is 29.1 Å². The second kappa shape index (κ2) is 5.12.